The smallest absolute Gasteiger partial charge is 0.299 e. The van der Waals surface area contributed by atoms with E-state index in [1.165, 1.54) is 0 Å². The molecule has 0 N–H and O–H groups in total. The van der Waals surface area contributed by atoms with Crippen molar-refractivity contribution in [2.75, 3.05) is 0 Å². The monoisotopic (exact) mass is 836 g/mol. The predicted octanol–water partition coefficient (Wildman–Crippen LogP) is 9.51. The van der Waals surface area contributed by atoms with Gasteiger partial charge in [-0.2, -0.15) is 0 Å². The minimum absolute atomic E-state index is 0. The van der Waals surface area contributed by atoms with Gasteiger partial charge < -0.3 is 0 Å². The summed E-state index contributed by atoms with van der Waals surface area (Å²) in [5, 5.41) is 0. The molecule has 0 aliphatic heterocycles. The number of nitrogens with zero attached hydrogens (tertiary/aromatic N) is 4. The summed E-state index contributed by atoms with van der Waals surface area (Å²) in [6, 6.07) is 69.3. The Labute approximate surface area is 326 Å². The zero-order valence-corrected chi connectivity index (χ0v) is 30.2. The standard InChI is InChI=1S/C45H28N4.2Pd/c1-5-17-33(18-6-1)37-25-13-29-41(46-37)45(42-30-14-26-38(47-42)34-19-7-2-8-20-34,43-31-15-27-39(48-43)35-21-9-3-10-22-35)44-32-16-28-40(49-44)36-23-11-4-12-24-36;;/h1-17,19,21,23,25-32H;;/q-4;2*+2. The van der Waals surface area contributed by atoms with Gasteiger partial charge in [-0.3, -0.25) is 19.9 Å². The van der Waals surface area contributed by atoms with E-state index in [4.69, 9.17) is 19.9 Å². The molecule has 0 saturated carbocycles. The Morgan fingerprint density at radius 3 is 0.765 bits per heavy atom. The molecular weight excluding hydrogens is 809 g/mol. The Balaban J connectivity index is 0.00000224. The van der Waals surface area contributed by atoms with Crippen LogP contribution in [0.5, 0.6) is 0 Å². The Bertz CT molecular complexity index is 2000. The second-order valence-electron chi connectivity index (χ2n) is 11.5. The van der Waals surface area contributed by atoms with Crippen LogP contribution in [0.15, 0.2) is 170 Å². The molecule has 4 aromatic heterocycles. The van der Waals surface area contributed by atoms with Crippen molar-refractivity contribution < 1.29 is 40.8 Å². The van der Waals surface area contributed by atoms with Gasteiger partial charge >= 0.3 is 40.8 Å². The molecule has 6 heteroatoms. The zero-order valence-electron chi connectivity index (χ0n) is 27.1. The third-order valence-corrected chi connectivity index (χ3v) is 8.47. The summed E-state index contributed by atoms with van der Waals surface area (Å²) in [5.41, 5.74) is 8.47. The predicted molar refractivity (Wildman–Crippen MR) is 193 cm³/mol. The van der Waals surface area contributed by atoms with E-state index >= 15 is 0 Å². The van der Waals surface area contributed by atoms with Crippen molar-refractivity contribution in [3.05, 3.63) is 217 Å². The van der Waals surface area contributed by atoms with Crippen LogP contribution in [0.2, 0.25) is 0 Å². The van der Waals surface area contributed by atoms with Crippen LogP contribution in [0.3, 0.4) is 0 Å². The first-order valence-electron chi connectivity index (χ1n) is 16.1. The van der Waals surface area contributed by atoms with Crippen molar-refractivity contribution >= 4 is 0 Å². The Hall–Kier alpha value is -5.20. The average Bonchev–Trinajstić information content (AvgIpc) is 3.20. The summed E-state index contributed by atoms with van der Waals surface area (Å²) in [4.78, 5) is 21.5. The van der Waals surface area contributed by atoms with Crippen molar-refractivity contribution in [3.8, 4) is 45.0 Å². The van der Waals surface area contributed by atoms with Crippen molar-refractivity contribution in [1.82, 2.24) is 19.9 Å². The van der Waals surface area contributed by atoms with Crippen LogP contribution in [0.4, 0.5) is 0 Å². The van der Waals surface area contributed by atoms with Crippen LogP contribution in [-0.2, 0) is 46.3 Å². The van der Waals surface area contributed by atoms with E-state index in [1.807, 2.05) is 170 Å². The zero-order chi connectivity index (χ0) is 32.9. The molecule has 0 aliphatic rings. The molecule has 0 radical (unpaired) electrons. The quantitative estimate of drug-likeness (QED) is 0.113. The normalized spacial score (nSPS) is 10.8. The SMILES string of the molecule is [Pd+2].[Pd+2].[c-]1ccccc1-c1cccc(C(c2cccc(-c3[c-]cccc3)n2)(c2cccc(-c3[c-]cccc3)n2)c2cccc(-c3[c-]cccc3)n2)n1. The molecule has 0 fully saturated rings. The Morgan fingerprint density at radius 2 is 0.549 bits per heavy atom. The molecule has 4 aromatic carbocycles. The van der Waals surface area contributed by atoms with Gasteiger partial charge in [0, 0.05) is 0 Å². The van der Waals surface area contributed by atoms with E-state index in [-0.39, 0.29) is 40.8 Å². The summed E-state index contributed by atoms with van der Waals surface area (Å²) in [5.74, 6) is 0. The van der Waals surface area contributed by atoms with Crippen LogP contribution in [0, 0.1) is 24.3 Å². The third-order valence-electron chi connectivity index (χ3n) is 8.47. The fourth-order valence-electron chi connectivity index (χ4n) is 6.17. The summed E-state index contributed by atoms with van der Waals surface area (Å²) < 4.78 is 0. The maximum atomic E-state index is 5.38. The van der Waals surface area contributed by atoms with Gasteiger partial charge in [-0.15, -0.1) is 144 Å². The first-order valence-corrected chi connectivity index (χ1v) is 16.1. The molecule has 0 amide bonds. The van der Waals surface area contributed by atoms with Crippen molar-refractivity contribution in [1.29, 1.82) is 0 Å². The Morgan fingerprint density at radius 1 is 0.294 bits per heavy atom. The molecular formula is C45H28N4Pd2. The minimum Gasteiger partial charge on any atom is -0.299 e. The van der Waals surface area contributed by atoms with Crippen LogP contribution in [0.25, 0.3) is 45.0 Å². The van der Waals surface area contributed by atoms with Crippen LogP contribution in [0.1, 0.15) is 22.8 Å². The van der Waals surface area contributed by atoms with E-state index in [0.717, 1.165) is 67.8 Å². The van der Waals surface area contributed by atoms with E-state index in [9.17, 15) is 0 Å². The number of pyridine rings is 4. The molecule has 8 aromatic rings. The summed E-state index contributed by atoms with van der Waals surface area (Å²) >= 11 is 0. The van der Waals surface area contributed by atoms with Crippen molar-refractivity contribution in [3.63, 3.8) is 0 Å². The van der Waals surface area contributed by atoms with E-state index < -0.39 is 5.41 Å². The van der Waals surface area contributed by atoms with Crippen molar-refractivity contribution in [2.45, 2.75) is 5.41 Å². The van der Waals surface area contributed by atoms with Gasteiger partial charge in [0.25, 0.3) is 0 Å². The molecule has 248 valence electrons. The molecule has 0 bridgehead atoms. The topological polar surface area (TPSA) is 51.6 Å². The van der Waals surface area contributed by atoms with Gasteiger partial charge in [-0.1, -0.05) is 48.5 Å². The number of benzene rings is 4. The van der Waals surface area contributed by atoms with Gasteiger partial charge in [0.15, 0.2) is 0 Å². The van der Waals surface area contributed by atoms with Gasteiger partial charge in [0.2, 0.25) is 0 Å². The van der Waals surface area contributed by atoms with Gasteiger partial charge in [-0.05, 0) is 47.0 Å². The van der Waals surface area contributed by atoms with Crippen LogP contribution < -0.4 is 0 Å². The molecule has 0 aliphatic carbocycles. The van der Waals surface area contributed by atoms with Crippen LogP contribution >= 0.6 is 0 Å². The molecule has 0 spiro atoms. The summed E-state index contributed by atoms with van der Waals surface area (Å²) in [6.45, 7) is 0. The maximum absolute atomic E-state index is 5.38. The fourth-order valence-corrected chi connectivity index (χ4v) is 6.17. The van der Waals surface area contributed by atoms with E-state index in [1.54, 1.807) is 0 Å². The number of rotatable bonds is 8. The second-order valence-corrected chi connectivity index (χ2v) is 11.5. The summed E-state index contributed by atoms with van der Waals surface area (Å²) in [7, 11) is 0. The first kappa shape index (κ1) is 35.6. The third kappa shape index (κ3) is 7.20. The largest absolute Gasteiger partial charge is 2.00 e. The second kappa shape index (κ2) is 16.2. The molecule has 0 atom stereocenters. The van der Waals surface area contributed by atoms with Gasteiger partial charge in [-0.25, -0.2) is 0 Å². The summed E-state index contributed by atoms with van der Waals surface area (Å²) in [6.07, 6.45) is 0. The first-order chi connectivity index (χ1) is 24.3. The van der Waals surface area contributed by atoms with Crippen LogP contribution in [-0.4, -0.2) is 19.9 Å². The van der Waals surface area contributed by atoms with Gasteiger partial charge in [0.1, 0.15) is 5.41 Å². The molecule has 0 saturated heterocycles. The van der Waals surface area contributed by atoms with Gasteiger partial charge in [0.05, 0.1) is 22.8 Å². The maximum Gasteiger partial charge on any atom is 2.00 e. The number of hydrogen-bond donors (Lipinski definition) is 0. The van der Waals surface area contributed by atoms with E-state index in [2.05, 4.69) is 24.3 Å². The number of hydrogen-bond acceptors (Lipinski definition) is 4. The minimum atomic E-state index is -1.15. The average molecular weight is 838 g/mol. The Kier molecular flexibility index (Phi) is 11.3. The number of aromatic nitrogens is 4. The van der Waals surface area contributed by atoms with Crippen molar-refractivity contribution in [2.24, 2.45) is 0 Å². The molecule has 4 nitrogen and oxygen atoms in total. The van der Waals surface area contributed by atoms with E-state index in [0.29, 0.717) is 0 Å². The molecule has 0 unspecified atom stereocenters. The molecule has 51 heavy (non-hydrogen) atoms. The molecule has 8 rings (SSSR count). The fraction of sp³-hybridized carbons (Fsp3) is 0.0222. The molecule has 4 heterocycles.